The second kappa shape index (κ2) is 9.55. The van der Waals surface area contributed by atoms with Crippen molar-refractivity contribution >= 4 is 61.1 Å². The third kappa shape index (κ3) is 6.01. The highest BCUT2D eigenvalue weighted by Crippen LogP contribution is 2.39. The number of carbonyl (C=O) groups is 1. The average Bonchev–Trinajstić information content (AvgIpc) is 3.00. The van der Waals surface area contributed by atoms with E-state index in [9.17, 15) is 17.6 Å². The summed E-state index contributed by atoms with van der Waals surface area (Å²) in [5.41, 5.74) is 2.71. The summed E-state index contributed by atoms with van der Waals surface area (Å²) in [6, 6.07) is 6.14. The number of ether oxygens (including phenoxy) is 1. The number of carbonyl (C=O) groups excluding carboxylic acids is 1. The van der Waals surface area contributed by atoms with Crippen LogP contribution in [0.1, 0.15) is 0 Å². The van der Waals surface area contributed by atoms with Crippen LogP contribution in [-0.4, -0.2) is 38.9 Å². The summed E-state index contributed by atoms with van der Waals surface area (Å²) in [6.45, 7) is -0.181. The number of furan rings is 1. The highest BCUT2D eigenvalue weighted by Gasteiger charge is 2.20. The summed E-state index contributed by atoms with van der Waals surface area (Å²) in [6.07, 6.45) is 2.94. The number of pyridine rings is 1. The first kappa shape index (κ1) is 22.2. The predicted octanol–water partition coefficient (Wildman–Crippen LogP) is 2.88. The van der Waals surface area contributed by atoms with E-state index in [-0.39, 0.29) is 30.5 Å². The van der Waals surface area contributed by atoms with Crippen molar-refractivity contribution in [3.8, 4) is 5.95 Å². The van der Waals surface area contributed by atoms with E-state index in [1.165, 1.54) is 24.5 Å². The lowest BCUT2D eigenvalue weighted by Crippen LogP contribution is -2.32. The van der Waals surface area contributed by atoms with Gasteiger partial charge in [0.1, 0.15) is 17.1 Å². The summed E-state index contributed by atoms with van der Waals surface area (Å²) >= 11 is 1.99. The number of amides is 1. The maximum atomic E-state index is 14.3. The molecule has 0 radical (unpaired) electrons. The summed E-state index contributed by atoms with van der Waals surface area (Å²) in [7, 11) is -3.36. The Morgan fingerprint density at radius 2 is 2.13 bits per heavy atom. The van der Waals surface area contributed by atoms with Gasteiger partial charge in [0.2, 0.25) is 10.0 Å². The van der Waals surface area contributed by atoms with Gasteiger partial charge in [-0.15, -0.1) is 0 Å². The second-order valence-corrected chi connectivity index (χ2v) is 8.97. The molecule has 0 saturated carbocycles. The van der Waals surface area contributed by atoms with Gasteiger partial charge in [-0.1, -0.05) is 0 Å². The van der Waals surface area contributed by atoms with Gasteiger partial charge in [-0.05, 0) is 46.9 Å². The number of benzene rings is 1. The number of hydrogen-bond donors (Lipinski definition) is 3. The van der Waals surface area contributed by atoms with E-state index < -0.39 is 21.9 Å². The fourth-order valence-corrected chi connectivity index (χ4v) is 3.24. The molecule has 0 aliphatic rings. The Hall–Kier alpha value is -2.49. The lowest BCUT2D eigenvalue weighted by Gasteiger charge is -2.09. The Balaban J connectivity index is 1.72. The molecule has 13 heteroatoms. The number of nitrogens with one attached hydrogen (secondary N) is 3. The molecule has 0 aliphatic carbocycles. The van der Waals surface area contributed by atoms with Gasteiger partial charge in [-0.25, -0.2) is 22.3 Å². The van der Waals surface area contributed by atoms with Crippen LogP contribution in [0, 0.1) is 9.39 Å². The molecule has 0 bridgehead atoms. The minimum absolute atomic E-state index is 0.0473. The second-order valence-electron chi connectivity index (χ2n) is 5.89. The largest absolute Gasteiger partial charge is 0.439 e. The number of halogens is 2. The molecule has 10 nitrogen and oxygen atoms in total. The maximum absolute atomic E-state index is 14.3. The van der Waals surface area contributed by atoms with E-state index in [0.717, 1.165) is 6.26 Å². The zero-order valence-corrected chi connectivity index (χ0v) is 18.4. The van der Waals surface area contributed by atoms with Gasteiger partial charge in [-0.3, -0.25) is 9.82 Å². The fraction of sp³-hybridized carbons (Fsp3) is 0.176. The van der Waals surface area contributed by atoms with Crippen LogP contribution >= 0.6 is 22.6 Å². The van der Waals surface area contributed by atoms with Crippen LogP contribution in [0.4, 0.5) is 20.6 Å². The predicted molar refractivity (Wildman–Crippen MR) is 114 cm³/mol. The SMILES string of the molecule is CS(=O)(=O)NCCONC(=O)Oc1oc2ccncc2c1Nc1ccc(I)cc1F. The van der Waals surface area contributed by atoms with E-state index in [2.05, 4.69) is 15.0 Å². The summed E-state index contributed by atoms with van der Waals surface area (Å²) in [5, 5.41) is 3.32. The highest BCUT2D eigenvalue weighted by molar-refractivity contribution is 14.1. The van der Waals surface area contributed by atoms with Crippen molar-refractivity contribution < 1.29 is 31.6 Å². The molecule has 0 unspecified atom stereocenters. The molecule has 0 fully saturated rings. The van der Waals surface area contributed by atoms with Crippen molar-refractivity contribution in [2.45, 2.75) is 0 Å². The van der Waals surface area contributed by atoms with Crippen LogP contribution in [0.25, 0.3) is 11.0 Å². The van der Waals surface area contributed by atoms with Gasteiger partial charge in [0.05, 0.1) is 23.9 Å². The molecular weight excluding hydrogens is 534 g/mol. The zero-order valence-electron chi connectivity index (χ0n) is 15.4. The topological polar surface area (TPSA) is 132 Å². The Kier molecular flexibility index (Phi) is 7.06. The van der Waals surface area contributed by atoms with Gasteiger partial charge in [0.25, 0.3) is 0 Å². The molecule has 160 valence electrons. The smallest absolute Gasteiger partial charge is 0.424 e. The van der Waals surface area contributed by atoms with Crippen LogP contribution in [0.3, 0.4) is 0 Å². The van der Waals surface area contributed by atoms with Crippen LogP contribution in [0.5, 0.6) is 5.95 Å². The molecule has 0 spiro atoms. The average molecular weight is 550 g/mol. The van der Waals surface area contributed by atoms with Crippen molar-refractivity contribution in [1.82, 2.24) is 15.2 Å². The number of anilines is 2. The summed E-state index contributed by atoms with van der Waals surface area (Å²) < 4.78 is 49.7. The number of rotatable bonds is 8. The third-order valence-electron chi connectivity index (χ3n) is 3.56. The Morgan fingerprint density at radius 1 is 1.33 bits per heavy atom. The molecule has 0 atom stereocenters. The highest BCUT2D eigenvalue weighted by atomic mass is 127. The number of sulfonamides is 1. The number of fused-ring (bicyclic) bond motifs is 1. The quantitative estimate of drug-likeness (QED) is 0.222. The molecule has 2 aromatic heterocycles. The van der Waals surface area contributed by atoms with Crippen molar-refractivity contribution in [3.05, 3.63) is 46.0 Å². The minimum Gasteiger partial charge on any atom is -0.424 e. The zero-order chi connectivity index (χ0) is 21.7. The van der Waals surface area contributed by atoms with Gasteiger partial charge < -0.3 is 14.5 Å². The standard InChI is InChI=1S/C17H16FIN4O6S/c1-30(25,26)21-6-7-27-23-17(24)29-16-15(11-9-20-5-4-14(11)28-16)22-13-3-2-10(19)8-12(13)18/h2-5,8-9,21-22H,6-7H2,1H3,(H,23,24). The number of aromatic nitrogens is 1. The molecule has 3 N–H and O–H groups in total. The maximum Gasteiger partial charge on any atom is 0.439 e. The van der Waals surface area contributed by atoms with E-state index in [0.29, 0.717) is 14.5 Å². The fourth-order valence-electron chi connectivity index (χ4n) is 2.33. The summed E-state index contributed by atoms with van der Waals surface area (Å²) in [5.74, 6) is -0.733. The van der Waals surface area contributed by atoms with Crippen molar-refractivity contribution in [2.24, 2.45) is 0 Å². The molecule has 30 heavy (non-hydrogen) atoms. The first-order valence-corrected chi connectivity index (χ1v) is 11.3. The van der Waals surface area contributed by atoms with Crippen LogP contribution < -0.4 is 20.3 Å². The molecule has 0 aliphatic heterocycles. The number of hydrogen-bond acceptors (Lipinski definition) is 8. The van der Waals surface area contributed by atoms with Crippen LogP contribution in [0.2, 0.25) is 0 Å². The first-order valence-electron chi connectivity index (χ1n) is 8.36. The number of nitrogens with zero attached hydrogens (tertiary/aromatic N) is 1. The molecule has 1 amide bonds. The van der Waals surface area contributed by atoms with Crippen LogP contribution in [0.15, 0.2) is 41.1 Å². The lowest BCUT2D eigenvalue weighted by molar-refractivity contribution is 0.0463. The Morgan fingerprint density at radius 3 is 2.87 bits per heavy atom. The minimum atomic E-state index is -3.36. The van der Waals surface area contributed by atoms with E-state index >= 15 is 0 Å². The van der Waals surface area contributed by atoms with Gasteiger partial charge in [0, 0.05) is 22.5 Å². The molecule has 1 aromatic carbocycles. The molecule has 3 aromatic rings. The first-order chi connectivity index (χ1) is 14.2. The monoisotopic (exact) mass is 550 g/mol. The normalized spacial score (nSPS) is 11.4. The van der Waals surface area contributed by atoms with Gasteiger partial charge >= 0.3 is 12.0 Å². The Bertz CT molecular complexity index is 1170. The molecule has 3 rings (SSSR count). The van der Waals surface area contributed by atoms with Crippen molar-refractivity contribution in [2.75, 3.05) is 24.7 Å². The van der Waals surface area contributed by atoms with Gasteiger partial charge in [-0.2, -0.15) is 5.48 Å². The van der Waals surface area contributed by atoms with Crippen LogP contribution in [-0.2, 0) is 14.9 Å². The molecular formula is C17H16FIN4O6S. The Labute approximate surface area is 184 Å². The van der Waals surface area contributed by atoms with Crippen molar-refractivity contribution in [3.63, 3.8) is 0 Å². The third-order valence-corrected chi connectivity index (χ3v) is 4.96. The van der Waals surface area contributed by atoms with E-state index in [4.69, 9.17) is 14.0 Å². The van der Waals surface area contributed by atoms with Crippen molar-refractivity contribution in [1.29, 1.82) is 0 Å². The molecule has 2 heterocycles. The lowest BCUT2D eigenvalue weighted by atomic mass is 10.2. The van der Waals surface area contributed by atoms with E-state index in [1.54, 1.807) is 12.1 Å². The van der Waals surface area contributed by atoms with Gasteiger partial charge in [0.15, 0.2) is 0 Å². The number of hydroxylamine groups is 1. The summed E-state index contributed by atoms with van der Waals surface area (Å²) in [4.78, 5) is 20.8. The van der Waals surface area contributed by atoms with E-state index in [1.807, 2.05) is 28.1 Å². The molecule has 0 saturated heterocycles.